The number of hydrogen-bond donors (Lipinski definition) is 3. The molecule has 7 heteroatoms. The number of nitrogens with one attached hydrogen (secondary N) is 3. The van der Waals surface area contributed by atoms with Gasteiger partial charge in [0.2, 0.25) is 5.91 Å². The van der Waals surface area contributed by atoms with Gasteiger partial charge in [0.1, 0.15) is 17.8 Å². The molecule has 0 aliphatic carbocycles. The van der Waals surface area contributed by atoms with Gasteiger partial charge in [-0.05, 0) is 6.07 Å². The second-order valence-electron chi connectivity index (χ2n) is 5.53. The minimum Gasteiger partial charge on any atom is -0.355 e. The van der Waals surface area contributed by atoms with Crippen molar-refractivity contribution in [2.24, 2.45) is 0 Å². The van der Waals surface area contributed by atoms with Gasteiger partial charge < -0.3 is 20.5 Å². The SMILES string of the molecule is O=C1CC2(CN(c3ncnc4[nH]ccc34)C2)NCCN1. The summed E-state index contributed by atoms with van der Waals surface area (Å²) < 4.78 is 0. The molecule has 0 bridgehead atoms. The van der Waals surface area contributed by atoms with Gasteiger partial charge in [-0.1, -0.05) is 0 Å². The number of nitrogens with zero attached hydrogens (tertiary/aromatic N) is 3. The Labute approximate surface area is 115 Å². The van der Waals surface area contributed by atoms with Crippen LogP contribution in [0.15, 0.2) is 18.6 Å². The van der Waals surface area contributed by atoms with Crippen LogP contribution in [0.1, 0.15) is 6.42 Å². The quantitative estimate of drug-likeness (QED) is 0.659. The lowest BCUT2D eigenvalue weighted by Crippen LogP contribution is -2.70. The molecule has 104 valence electrons. The first kappa shape index (κ1) is 11.7. The molecule has 4 rings (SSSR count). The van der Waals surface area contributed by atoms with E-state index in [1.165, 1.54) is 0 Å². The van der Waals surface area contributed by atoms with E-state index >= 15 is 0 Å². The zero-order chi connectivity index (χ0) is 13.6. The summed E-state index contributed by atoms with van der Waals surface area (Å²) in [6.07, 6.45) is 3.98. The summed E-state index contributed by atoms with van der Waals surface area (Å²) in [6, 6.07) is 1.99. The largest absolute Gasteiger partial charge is 0.355 e. The van der Waals surface area contributed by atoms with Gasteiger partial charge >= 0.3 is 0 Å². The van der Waals surface area contributed by atoms with Crippen LogP contribution in [-0.2, 0) is 4.79 Å². The summed E-state index contributed by atoms with van der Waals surface area (Å²) in [5, 5.41) is 7.42. The maximum atomic E-state index is 11.7. The van der Waals surface area contributed by atoms with Crippen LogP contribution < -0.4 is 15.5 Å². The number of hydrogen-bond acceptors (Lipinski definition) is 5. The third-order valence-electron chi connectivity index (χ3n) is 4.07. The molecule has 0 aromatic carbocycles. The number of aromatic amines is 1. The first-order valence-electron chi connectivity index (χ1n) is 6.81. The van der Waals surface area contributed by atoms with Crippen molar-refractivity contribution in [3.05, 3.63) is 18.6 Å². The van der Waals surface area contributed by atoms with Crippen LogP contribution >= 0.6 is 0 Å². The van der Waals surface area contributed by atoms with Gasteiger partial charge in [-0.3, -0.25) is 4.79 Å². The number of fused-ring (bicyclic) bond motifs is 1. The average Bonchev–Trinajstić information content (AvgIpc) is 2.79. The highest BCUT2D eigenvalue weighted by Gasteiger charge is 2.45. The second-order valence-corrected chi connectivity index (χ2v) is 5.53. The van der Waals surface area contributed by atoms with Crippen molar-refractivity contribution in [3.8, 4) is 0 Å². The summed E-state index contributed by atoms with van der Waals surface area (Å²) in [7, 11) is 0. The molecular formula is C13H16N6O. The minimum atomic E-state index is -0.103. The fourth-order valence-corrected chi connectivity index (χ4v) is 3.13. The first-order valence-corrected chi connectivity index (χ1v) is 6.81. The fraction of sp³-hybridized carbons (Fsp3) is 0.462. The highest BCUT2D eigenvalue weighted by molar-refractivity contribution is 5.88. The van der Waals surface area contributed by atoms with Crippen LogP contribution in [0.5, 0.6) is 0 Å². The van der Waals surface area contributed by atoms with Crippen molar-refractivity contribution in [1.29, 1.82) is 0 Å². The molecule has 2 saturated heterocycles. The van der Waals surface area contributed by atoms with Crippen LogP contribution in [0.2, 0.25) is 0 Å². The van der Waals surface area contributed by atoms with E-state index in [9.17, 15) is 4.79 Å². The molecule has 0 unspecified atom stereocenters. The van der Waals surface area contributed by atoms with Crippen molar-refractivity contribution < 1.29 is 4.79 Å². The van der Waals surface area contributed by atoms with Gasteiger partial charge in [0, 0.05) is 38.8 Å². The Balaban J connectivity index is 1.58. The molecule has 20 heavy (non-hydrogen) atoms. The minimum absolute atomic E-state index is 0.103. The summed E-state index contributed by atoms with van der Waals surface area (Å²) in [6.45, 7) is 3.13. The van der Waals surface area contributed by atoms with Crippen molar-refractivity contribution in [1.82, 2.24) is 25.6 Å². The molecule has 2 aliphatic heterocycles. The topological polar surface area (TPSA) is 85.9 Å². The molecule has 1 amide bonds. The summed E-state index contributed by atoms with van der Waals surface area (Å²) in [5.74, 6) is 1.07. The normalized spacial score (nSPS) is 21.6. The molecule has 2 aromatic heterocycles. The monoisotopic (exact) mass is 272 g/mol. The number of carbonyl (C=O) groups is 1. The number of anilines is 1. The Kier molecular flexibility index (Phi) is 2.43. The lowest BCUT2D eigenvalue weighted by Gasteiger charge is -2.50. The highest BCUT2D eigenvalue weighted by Crippen LogP contribution is 2.32. The molecule has 3 N–H and O–H groups in total. The van der Waals surface area contributed by atoms with Crippen LogP contribution in [0.25, 0.3) is 11.0 Å². The number of aromatic nitrogens is 3. The lowest BCUT2D eigenvalue weighted by molar-refractivity contribution is -0.122. The van der Waals surface area contributed by atoms with Crippen LogP contribution in [0, 0.1) is 0 Å². The zero-order valence-electron chi connectivity index (χ0n) is 11.0. The Hall–Kier alpha value is -2.15. The highest BCUT2D eigenvalue weighted by atomic mass is 16.1. The van der Waals surface area contributed by atoms with Gasteiger partial charge in [0.15, 0.2) is 0 Å². The van der Waals surface area contributed by atoms with Crippen molar-refractivity contribution in [2.75, 3.05) is 31.1 Å². The van der Waals surface area contributed by atoms with Crippen molar-refractivity contribution in [2.45, 2.75) is 12.0 Å². The van der Waals surface area contributed by atoms with E-state index in [1.807, 2.05) is 12.3 Å². The zero-order valence-corrected chi connectivity index (χ0v) is 11.0. The van der Waals surface area contributed by atoms with Gasteiger partial charge in [-0.25, -0.2) is 9.97 Å². The smallest absolute Gasteiger partial charge is 0.222 e. The molecule has 2 fully saturated rings. The van der Waals surface area contributed by atoms with E-state index < -0.39 is 0 Å². The van der Waals surface area contributed by atoms with Crippen LogP contribution in [0.4, 0.5) is 5.82 Å². The number of rotatable bonds is 1. The molecule has 4 heterocycles. The predicted molar refractivity (Wildman–Crippen MR) is 74.5 cm³/mol. The molecule has 0 radical (unpaired) electrons. The van der Waals surface area contributed by atoms with E-state index in [2.05, 4.69) is 30.5 Å². The number of amides is 1. The average molecular weight is 272 g/mol. The Morgan fingerprint density at radius 2 is 2.15 bits per heavy atom. The number of H-pyrrole nitrogens is 1. The van der Waals surface area contributed by atoms with Gasteiger partial charge in [-0.15, -0.1) is 0 Å². The molecular weight excluding hydrogens is 256 g/mol. The van der Waals surface area contributed by atoms with Gasteiger partial charge in [0.25, 0.3) is 0 Å². The van der Waals surface area contributed by atoms with Crippen LogP contribution in [-0.4, -0.2) is 52.6 Å². The van der Waals surface area contributed by atoms with E-state index in [-0.39, 0.29) is 11.4 Å². The van der Waals surface area contributed by atoms with Crippen molar-refractivity contribution in [3.63, 3.8) is 0 Å². The Bertz CT molecular complexity index is 660. The third kappa shape index (κ3) is 1.74. The first-order chi connectivity index (χ1) is 9.76. The summed E-state index contributed by atoms with van der Waals surface area (Å²) in [4.78, 5) is 25.6. The van der Waals surface area contributed by atoms with Crippen molar-refractivity contribution >= 4 is 22.8 Å². The van der Waals surface area contributed by atoms with Gasteiger partial charge in [-0.2, -0.15) is 0 Å². The third-order valence-corrected chi connectivity index (χ3v) is 4.07. The molecule has 2 aliphatic rings. The molecule has 1 spiro atoms. The standard InChI is InChI=1S/C13H16N6O/c20-10-5-13(18-4-3-14-10)6-19(7-13)12-9-1-2-15-11(9)16-8-17-12/h1-2,8,18H,3-7H2,(H,14,20)(H,15,16,17). The Morgan fingerprint density at radius 1 is 1.25 bits per heavy atom. The van der Waals surface area contributed by atoms with E-state index in [0.29, 0.717) is 13.0 Å². The molecule has 7 nitrogen and oxygen atoms in total. The summed E-state index contributed by atoms with van der Waals surface area (Å²) in [5.41, 5.74) is 0.747. The van der Waals surface area contributed by atoms with E-state index in [4.69, 9.17) is 0 Å². The molecule has 0 saturated carbocycles. The predicted octanol–water partition coefficient (Wildman–Crippen LogP) is -0.374. The van der Waals surface area contributed by atoms with E-state index in [1.54, 1.807) is 6.33 Å². The molecule has 0 atom stereocenters. The number of carbonyl (C=O) groups excluding carboxylic acids is 1. The maximum Gasteiger partial charge on any atom is 0.222 e. The fourth-order valence-electron chi connectivity index (χ4n) is 3.13. The maximum absolute atomic E-state index is 11.7. The van der Waals surface area contributed by atoms with E-state index in [0.717, 1.165) is 36.5 Å². The van der Waals surface area contributed by atoms with Crippen LogP contribution in [0.3, 0.4) is 0 Å². The Morgan fingerprint density at radius 3 is 3.05 bits per heavy atom. The summed E-state index contributed by atoms with van der Waals surface area (Å²) >= 11 is 0. The van der Waals surface area contributed by atoms with Gasteiger partial charge in [0.05, 0.1) is 10.9 Å². The molecule has 2 aromatic rings. The lowest BCUT2D eigenvalue weighted by atomic mass is 9.86. The second kappa shape index (κ2) is 4.17.